The molecule has 0 aliphatic rings. The molecule has 0 spiro atoms. The van der Waals surface area contributed by atoms with E-state index in [4.69, 9.17) is 0 Å². The smallest absolute Gasteiger partial charge is 0.274 e. The van der Waals surface area contributed by atoms with Gasteiger partial charge in [-0.2, -0.15) is 5.10 Å². The average Bonchev–Trinajstić information content (AvgIpc) is 2.71. The van der Waals surface area contributed by atoms with Gasteiger partial charge in [-0.25, -0.2) is 0 Å². The number of amides is 1. The Labute approximate surface area is 113 Å². The van der Waals surface area contributed by atoms with E-state index >= 15 is 0 Å². The lowest BCUT2D eigenvalue weighted by Crippen LogP contribution is -2.27. The zero-order chi connectivity index (χ0) is 14.0. The van der Waals surface area contributed by atoms with Crippen molar-refractivity contribution in [3.63, 3.8) is 0 Å². The topological polar surface area (TPSA) is 38.1 Å². The average molecular weight is 257 g/mol. The van der Waals surface area contributed by atoms with Crippen LogP contribution in [0.25, 0.3) is 0 Å². The summed E-state index contributed by atoms with van der Waals surface area (Å²) in [4.78, 5) is 14.0. The van der Waals surface area contributed by atoms with Crippen LogP contribution in [0.5, 0.6) is 0 Å². The van der Waals surface area contributed by atoms with Crippen molar-refractivity contribution in [2.45, 2.75) is 20.4 Å². The van der Waals surface area contributed by atoms with Crippen LogP contribution in [0.3, 0.4) is 0 Å². The van der Waals surface area contributed by atoms with Crippen molar-refractivity contribution in [1.29, 1.82) is 0 Å². The van der Waals surface area contributed by atoms with Gasteiger partial charge < -0.3 is 4.90 Å². The molecule has 1 amide bonds. The maximum atomic E-state index is 12.3. The quantitative estimate of drug-likeness (QED) is 0.846. The first kappa shape index (κ1) is 13.3. The molecule has 4 heteroatoms. The molecule has 0 aliphatic carbocycles. The Morgan fingerprint density at radius 3 is 2.58 bits per heavy atom. The van der Waals surface area contributed by atoms with E-state index in [1.807, 2.05) is 38.2 Å². The molecule has 100 valence electrons. The fraction of sp³-hybridized carbons (Fsp3) is 0.333. The van der Waals surface area contributed by atoms with Gasteiger partial charge in [0.05, 0.1) is 0 Å². The molecule has 0 unspecified atom stereocenters. The fourth-order valence-corrected chi connectivity index (χ4v) is 1.98. The molecule has 1 aromatic heterocycles. The van der Waals surface area contributed by atoms with Crippen LogP contribution in [0.15, 0.2) is 30.3 Å². The molecule has 1 heterocycles. The fourth-order valence-electron chi connectivity index (χ4n) is 1.98. The Bertz CT molecular complexity index is 582. The molecular formula is C15H19N3O. The summed E-state index contributed by atoms with van der Waals surface area (Å²) >= 11 is 0. The predicted octanol–water partition coefficient (Wildman–Crippen LogP) is 2.31. The lowest BCUT2D eigenvalue weighted by molar-refractivity contribution is 0.0778. The highest BCUT2D eigenvalue weighted by molar-refractivity contribution is 5.92. The summed E-state index contributed by atoms with van der Waals surface area (Å²) in [6.45, 7) is 4.59. The molecule has 0 bridgehead atoms. The number of carbonyl (C=O) groups is 1. The Morgan fingerprint density at radius 2 is 2.00 bits per heavy atom. The molecule has 0 N–H and O–H groups in total. The van der Waals surface area contributed by atoms with E-state index in [0.717, 1.165) is 11.3 Å². The molecule has 19 heavy (non-hydrogen) atoms. The van der Waals surface area contributed by atoms with Crippen LogP contribution in [0, 0.1) is 13.8 Å². The first-order valence-corrected chi connectivity index (χ1v) is 6.29. The minimum Gasteiger partial charge on any atom is -0.336 e. The lowest BCUT2D eigenvalue weighted by Gasteiger charge is -2.17. The largest absolute Gasteiger partial charge is 0.336 e. The second-order valence-corrected chi connectivity index (χ2v) is 4.88. The van der Waals surface area contributed by atoms with Crippen LogP contribution in [0.1, 0.15) is 27.3 Å². The minimum absolute atomic E-state index is 0.0491. The van der Waals surface area contributed by atoms with Crippen molar-refractivity contribution < 1.29 is 4.79 Å². The third-order valence-electron chi connectivity index (χ3n) is 3.35. The molecule has 0 radical (unpaired) electrons. The van der Waals surface area contributed by atoms with E-state index in [1.54, 1.807) is 16.6 Å². The first-order chi connectivity index (χ1) is 8.99. The van der Waals surface area contributed by atoms with Gasteiger partial charge in [0, 0.05) is 26.3 Å². The summed E-state index contributed by atoms with van der Waals surface area (Å²) in [6, 6.07) is 9.91. The van der Waals surface area contributed by atoms with Crippen LogP contribution in [-0.2, 0) is 13.6 Å². The molecule has 0 saturated carbocycles. The maximum Gasteiger partial charge on any atom is 0.274 e. The highest BCUT2D eigenvalue weighted by Gasteiger charge is 2.16. The normalized spacial score (nSPS) is 10.5. The lowest BCUT2D eigenvalue weighted by atomic mass is 10.1. The molecular weight excluding hydrogens is 238 g/mol. The number of benzene rings is 1. The number of hydrogen-bond donors (Lipinski definition) is 0. The molecule has 1 aromatic carbocycles. The zero-order valence-corrected chi connectivity index (χ0v) is 11.8. The van der Waals surface area contributed by atoms with Gasteiger partial charge in [0.15, 0.2) is 5.69 Å². The number of rotatable bonds is 3. The zero-order valence-electron chi connectivity index (χ0n) is 11.8. The summed E-state index contributed by atoms with van der Waals surface area (Å²) in [7, 11) is 3.65. The van der Waals surface area contributed by atoms with Crippen molar-refractivity contribution in [2.24, 2.45) is 7.05 Å². The SMILES string of the molecule is Cc1ccccc1CN(C)C(=O)c1cc(C)n(C)n1. The summed E-state index contributed by atoms with van der Waals surface area (Å²) in [5.41, 5.74) is 3.83. The summed E-state index contributed by atoms with van der Waals surface area (Å²) in [5, 5.41) is 4.22. The van der Waals surface area contributed by atoms with Gasteiger partial charge in [-0.05, 0) is 31.0 Å². The van der Waals surface area contributed by atoms with Crippen molar-refractivity contribution in [1.82, 2.24) is 14.7 Å². The molecule has 2 aromatic rings. The third-order valence-corrected chi connectivity index (χ3v) is 3.35. The van der Waals surface area contributed by atoms with E-state index in [-0.39, 0.29) is 5.91 Å². The van der Waals surface area contributed by atoms with Gasteiger partial charge in [0.2, 0.25) is 0 Å². The molecule has 0 atom stereocenters. The highest BCUT2D eigenvalue weighted by Crippen LogP contribution is 2.12. The van der Waals surface area contributed by atoms with Crippen LogP contribution in [0.4, 0.5) is 0 Å². The standard InChI is InChI=1S/C15H19N3O/c1-11-7-5-6-8-13(11)10-17(3)15(19)14-9-12(2)18(4)16-14/h5-9H,10H2,1-4H3. The minimum atomic E-state index is -0.0491. The molecule has 0 fully saturated rings. The molecule has 0 aliphatic heterocycles. The van der Waals surface area contributed by atoms with Gasteiger partial charge in [-0.15, -0.1) is 0 Å². The van der Waals surface area contributed by atoms with Crippen LogP contribution < -0.4 is 0 Å². The van der Waals surface area contributed by atoms with E-state index in [0.29, 0.717) is 12.2 Å². The Hall–Kier alpha value is -2.10. The van der Waals surface area contributed by atoms with Crippen molar-refractivity contribution in [3.8, 4) is 0 Å². The molecule has 2 rings (SSSR count). The number of aromatic nitrogens is 2. The van der Waals surface area contributed by atoms with Crippen LogP contribution in [0.2, 0.25) is 0 Å². The summed E-state index contributed by atoms with van der Waals surface area (Å²) in [6.07, 6.45) is 0. The van der Waals surface area contributed by atoms with Gasteiger partial charge in [0.1, 0.15) is 0 Å². The Balaban J connectivity index is 2.14. The summed E-state index contributed by atoms with van der Waals surface area (Å²) in [5.74, 6) is -0.0491. The molecule has 4 nitrogen and oxygen atoms in total. The second-order valence-electron chi connectivity index (χ2n) is 4.88. The number of nitrogens with zero attached hydrogens (tertiary/aromatic N) is 3. The third kappa shape index (κ3) is 2.84. The van der Waals surface area contributed by atoms with Crippen molar-refractivity contribution in [3.05, 3.63) is 52.8 Å². The van der Waals surface area contributed by atoms with E-state index in [9.17, 15) is 4.79 Å². The van der Waals surface area contributed by atoms with E-state index < -0.39 is 0 Å². The monoisotopic (exact) mass is 257 g/mol. The van der Waals surface area contributed by atoms with E-state index in [1.165, 1.54) is 5.56 Å². The second kappa shape index (κ2) is 5.26. The Kier molecular flexibility index (Phi) is 3.69. The van der Waals surface area contributed by atoms with Crippen LogP contribution in [-0.4, -0.2) is 27.6 Å². The summed E-state index contributed by atoms with van der Waals surface area (Å²) < 4.78 is 1.72. The highest BCUT2D eigenvalue weighted by atomic mass is 16.2. The predicted molar refractivity (Wildman–Crippen MR) is 74.9 cm³/mol. The Morgan fingerprint density at radius 1 is 1.32 bits per heavy atom. The van der Waals surface area contributed by atoms with Gasteiger partial charge >= 0.3 is 0 Å². The van der Waals surface area contributed by atoms with Crippen LogP contribution >= 0.6 is 0 Å². The maximum absolute atomic E-state index is 12.3. The van der Waals surface area contributed by atoms with Gasteiger partial charge in [-0.1, -0.05) is 24.3 Å². The van der Waals surface area contributed by atoms with Gasteiger partial charge in [0.25, 0.3) is 5.91 Å². The first-order valence-electron chi connectivity index (χ1n) is 6.29. The van der Waals surface area contributed by atoms with Crippen molar-refractivity contribution >= 4 is 5.91 Å². The van der Waals surface area contributed by atoms with Gasteiger partial charge in [-0.3, -0.25) is 9.48 Å². The van der Waals surface area contributed by atoms with E-state index in [2.05, 4.69) is 18.1 Å². The number of hydrogen-bond acceptors (Lipinski definition) is 2. The number of aryl methyl sites for hydroxylation is 3. The van der Waals surface area contributed by atoms with Crippen molar-refractivity contribution in [2.75, 3.05) is 7.05 Å². The number of carbonyl (C=O) groups excluding carboxylic acids is 1. The molecule has 0 saturated heterocycles.